The number of nitrogens with zero attached hydrogens (tertiary/aromatic N) is 2. The van der Waals surface area contributed by atoms with Crippen LogP contribution in [0.4, 0.5) is 0 Å². The van der Waals surface area contributed by atoms with Crippen LogP contribution in [0.2, 0.25) is 0 Å². The molecule has 1 amide bonds. The molecule has 1 aliphatic carbocycles. The Balaban J connectivity index is 1.83. The lowest BCUT2D eigenvalue weighted by Gasteiger charge is -2.00. The number of aromatic amines is 1. The highest BCUT2D eigenvalue weighted by molar-refractivity contribution is 5.90. The highest BCUT2D eigenvalue weighted by Gasteiger charge is 2.37. The molecule has 0 radical (unpaired) electrons. The Labute approximate surface area is 101 Å². The van der Waals surface area contributed by atoms with E-state index in [9.17, 15) is 4.79 Å². The first kappa shape index (κ1) is 12.1. The number of rotatable bonds is 6. The number of carbonyl (C=O) groups is 1. The first-order valence-corrected chi connectivity index (χ1v) is 6.46. The largest absolute Gasteiger partial charge is 0.346 e. The van der Waals surface area contributed by atoms with Crippen molar-refractivity contribution in [1.82, 2.24) is 20.5 Å². The lowest BCUT2D eigenvalue weighted by molar-refractivity contribution is 0.0938. The summed E-state index contributed by atoms with van der Waals surface area (Å²) in [5.74, 6) is 1.58. The van der Waals surface area contributed by atoms with Crippen molar-refractivity contribution >= 4 is 5.91 Å². The SMILES string of the molecule is CCCc1nc(C(=O)NC2CC2CCC)n[nH]1. The molecule has 2 atom stereocenters. The second-order valence-electron chi connectivity index (χ2n) is 4.72. The number of hydrogen-bond donors (Lipinski definition) is 2. The fourth-order valence-corrected chi connectivity index (χ4v) is 2.09. The summed E-state index contributed by atoms with van der Waals surface area (Å²) in [5.41, 5.74) is 0. The zero-order valence-corrected chi connectivity index (χ0v) is 10.5. The fourth-order valence-electron chi connectivity index (χ4n) is 2.09. The van der Waals surface area contributed by atoms with Crippen molar-refractivity contribution in [2.24, 2.45) is 5.92 Å². The van der Waals surface area contributed by atoms with E-state index >= 15 is 0 Å². The van der Waals surface area contributed by atoms with Crippen molar-refractivity contribution in [3.8, 4) is 0 Å². The quantitative estimate of drug-likeness (QED) is 0.789. The number of carbonyl (C=O) groups excluding carboxylic acids is 1. The summed E-state index contributed by atoms with van der Waals surface area (Å²) in [4.78, 5) is 16.0. The first-order chi connectivity index (χ1) is 8.24. The maximum atomic E-state index is 11.8. The third-order valence-electron chi connectivity index (χ3n) is 3.12. The number of H-pyrrole nitrogens is 1. The van der Waals surface area contributed by atoms with Gasteiger partial charge in [0.15, 0.2) is 0 Å². The van der Waals surface area contributed by atoms with Gasteiger partial charge in [-0.3, -0.25) is 9.89 Å². The molecule has 17 heavy (non-hydrogen) atoms. The van der Waals surface area contributed by atoms with Crippen LogP contribution < -0.4 is 5.32 Å². The van der Waals surface area contributed by atoms with Crippen molar-refractivity contribution in [3.63, 3.8) is 0 Å². The van der Waals surface area contributed by atoms with Gasteiger partial charge < -0.3 is 5.32 Å². The summed E-state index contributed by atoms with van der Waals surface area (Å²) in [6, 6.07) is 0.343. The molecule has 2 N–H and O–H groups in total. The predicted molar refractivity (Wildman–Crippen MR) is 64.6 cm³/mol. The van der Waals surface area contributed by atoms with Gasteiger partial charge in [0.05, 0.1) is 0 Å². The van der Waals surface area contributed by atoms with E-state index in [2.05, 4.69) is 34.3 Å². The lowest BCUT2D eigenvalue weighted by Crippen LogP contribution is -2.27. The van der Waals surface area contributed by atoms with Crippen molar-refractivity contribution < 1.29 is 4.79 Å². The van der Waals surface area contributed by atoms with E-state index in [4.69, 9.17) is 0 Å². The van der Waals surface area contributed by atoms with Crippen LogP contribution in [0.1, 0.15) is 56.0 Å². The van der Waals surface area contributed by atoms with Crippen LogP contribution in [0.3, 0.4) is 0 Å². The van der Waals surface area contributed by atoms with Crippen LogP contribution in [-0.4, -0.2) is 27.1 Å². The Kier molecular flexibility index (Phi) is 3.76. The Morgan fingerprint density at radius 3 is 3.00 bits per heavy atom. The highest BCUT2D eigenvalue weighted by atomic mass is 16.2. The Hall–Kier alpha value is -1.39. The Morgan fingerprint density at radius 2 is 2.29 bits per heavy atom. The van der Waals surface area contributed by atoms with Crippen LogP contribution in [0.15, 0.2) is 0 Å². The summed E-state index contributed by atoms with van der Waals surface area (Å²) >= 11 is 0. The standard InChI is InChI=1S/C12H20N4O/c1-3-5-8-7-9(8)13-12(17)11-14-10(6-4-2)15-16-11/h8-9H,3-7H2,1-2H3,(H,13,17)(H,14,15,16). The minimum atomic E-state index is -0.146. The van der Waals surface area contributed by atoms with E-state index in [1.165, 1.54) is 12.8 Å². The summed E-state index contributed by atoms with van der Waals surface area (Å²) in [6.07, 6.45) is 5.31. The van der Waals surface area contributed by atoms with E-state index in [1.807, 2.05) is 0 Å². The van der Waals surface area contributed by atoms with Gasteiger partial charge >= 0.3 is 0 Å². The molecule has 0 aromatic carbocycles. The molecule has 1 aromatic heterocycles. The normalized spacial score (nSPS) is 22.5. The van der Waals surface area contributed by atoms with Crippen LogP contribution >= 0.6 is 0 Å². The second-order valence-corrected chi connectivity index (χ2v) is 4.72. The van der Waals surface area contributed by atoms with Gasteiger partial charge in [0.2, 0.25) is 5.82 Å². The Morgan fingerprint density at radius 1 is 1.47 bits per heavy atom. The number of hydrogen-bond acceptors (Lipinski definition) is 3. The lowest BCUT2D eigenvalue weighted by atomic mass is 10.2. The summed E-state index contributed by atoms with van der Waals surface area (Å²) in [5, 5.41) is 9.71. The molecule has 1 heterocycles. The average molecular weight is 236 g/mol. The molecular formula is C12H20N4O. The number of amides is 1. The monoisotopic (exact) mass is 236 g/mol. The third kappa shape index (κ3) is 3.05. The molecule has 0 bridgehead atoms. The van der Waals surface area contributed by atoms with E-state index in [1.54, 1.807) is 0 Å². The molecule has 5 heteroatoms. The topological polar surface area (TPSA) is 70.7 Å². The van der Waals surface area contributed by atoms with Crippen LogP contribution in [0, 0.1) is 5.92 Å². The molecule has 0 aliphatic heterocycles. The molecule has 0 saturated heterocycles. The summed E-state index contributed by atoms with van der Waals surface area (Å²) < 4.78 is 0. The number of aryl methyl sites for hydroxylation is 1. The molecule has 2 rings (SSSR count). The molecule has 5 nitrogen and oxygen atoms in total. The van der Waals surface area contributed by atoms with E-state index in [-0.39, 0.29) is 11.7 Å². The molecule has 1 saturated carbocycles. The number of aromatic nitrogens is 3. The molecule has 1 aliphatic rings. The van der Waals surface area contributed by atoms with Crippen molar-refractivity contribution in [2.75, 3.05) is 0 Å². The van der Waals surface area contributed by atoms with Gasteiger partial charge in [-0.2, -0.15) is 0 Å². The minimum Gasteiger partial charge on any atom is -0.346 e. The number of nitrogens with one attached hydrogen (secondary N) is 2. The van der Waals surface area contributed by atoms with Gasteiger partial charge in [-0.1, -0.05) is 20.3 Å². The van der Waals surface area contributed by atoms with E-state index in [0.717, 1.165) is 25.1 Å². The van der Waals surface area contributed by atoms with Crippen molar-refractivity contribution in [3.05, 3.63) is 11.6 Å². The summed E-state index contributed by atoms with van der Waals surface area (Å²) in [6.45, 7) is 4.24. The predicted octanol–water partition coefficient (Wildman–Crippen LogP) is 1.68. The smallest absolute Gasteiger partial charge is 0.291 e. The van der Waals surface area contributed by atoms with Gasteiger partial charge in [-0.25, -0.2) is 4.98 Å². The molecular weight excluding hydrogens is 216 g/mol. The van der Waals surface area contributed by atoms with Crippen LogP contribution in [-0.2, 0) is 6.42 Å². The minimum absolute atomic E-state index is 0.146. The summed E-state index contributed by atoms with van der Waals surface area (Å²) in [7, 11) is 0. The Bertz CT molecular complexity index is 388. The van der Waals surface area contributed by atoms with Gasteiger partial charge in [0, 0.05) is 12.5 Å². The third-order valence-corrected chi connectivity index (χ3v) is 3.12. The van der Waals surface area contributed by atoms with Gasteiger partial charge in [-0.15, -0.1) is 5.10 Å². The molecule has 1 aromatic rings. The van der Waals surface area contributed by atoms with E-state index in [0.29, 0.717) is 12.0 Å². The molecule has 2 unspecified atom stereocenters. The fraction of sp³-hybridized carbons (Fsp3) is 0.750. The molecule has 1 fully saturated rings. The first-order valence-electron chi connectivity index (χ1n) is 6.46. The van der Waals surface area contributed by atoms with Crippen molar-refractivity contribution in [2.45, 2.75) is 52.0 Å². The molecule has 94 valence electrons. The van der Waals surface area contributed by atoms with Gasteiger partial charge in [0.1, 0.15) is 5.82 Å². The second kappa shape index (κ2) is 5.29. The van der Waals surface area contributed by atoms with Crippen LogP contribution in [0.25, 0.3) is 0 Å². The highest BCUT2D eigenvalue weighted by Crippen LogP contribution is 2.34. The van der Waals surface area contributed by atoms with Crippen molar-refractivity contribution in [1.29, 1.82) is 0 Å². The average Bonchev–Trinajstić information content (AvgIpc) is 2.86. The van der Waals surface area contributed by atoms with E-state index < -0.39 is 0 Å². The zero-order valence-electron chi connectivity index (χ0n) is 10.5. The maximum absolute atomic E-state index is 11.8. The zero-order chi connectivity index (χ0) is 12.3. The van der Waals surface area contributed by atoms with Crippen LogP contribution in [0.5, 0.6) is 0 Å². The van der Waals surface area contributed by atoms with Gasteiger partial charge in [-0.05, 0) is 25.2 Å². The molecule has 0 spiro atoms. The van der Waals surface area contributed by atoms with Gasteiger partial charge in [0.25, 0.3) is 5.91 Å². The maximum Gasteiger partial charge on any atom is 0.291 e.